The van der Waals surface area contributed by atoms with Crippen molar-refractivity contribution in [2.45, 2.75) is 63.8 Å². The van der Waals surface area contributed by atoms with Gasteiger partial charge >= 0.3 is 0 Å². The number of aryl methyl sites for hydroxylation is 2. The summed E-state index contributed by atoms with van der Waals surface area (Å²) in [5, 5.41) is 22.1. The Kier molecular flexibility index (Phi) is 5.07. The van der Waals surface area contributed by atoms with Crippen LogP contribution in [0.4, 0.5) is 5.95 Å². The van der Waals surface area contributed by atoms with Gasteiger partial charge in [-0.2, -0.15) is 10.1 Å². The van der Waals surface area contributed by atoms with Crippen LogP contribution in [0, 0.1) is 6.92 Å². The van der Waals surface area contributed by atoms with Crippen LogP contribution in [0.5, 0.6) is 0 Å². The van der Waals surface area contributed by atoms with Crippen molar-refractivity contribution >= 4 is 11.9 Å². The molecule has 1 amide bonds. The molecule has 0 radical (unpaired) electrons. The molecule has 0 bridgehead atoms. The van der Waals surface area contributed by atoms with E-state index in [1.54, 1.807) is 24.7 Å². The predicted molar refractivity (Wildman–Crippen MR) is 104 cm³/mol. The number of aliphatic hydroxyl groups is 1. The summed E-state index contributed by atoms with van der Waals surface area (Å²) in [6.07, 6.45) is 5.19. The number of rotatable bonds is 4. The van der Waals surface area contributed by atoms with Crippen LogP contribution < -0.4 is 10.2 Å². The lowest BCUT2D eigenvalue weighted by molar-refractivity contribution is -0.176. The van der Waals surface area contributed by atoms with Gasteiger partial charge in [0.2, 0.25) is 5.89 Å². The quantitative estimate of drug-likeness (QED) is 0.772. The van der Waals surface area contributed by atoms with Crippen LogP contribution in [-0.2, 0) is 11.3 Å². The van der Waals surface area contributed by atoms with E-state index in [0.717, 1.165) is 25.9 Å². The number of carbonyl (C=O) groups is 1. The Labute approximate surface area is 169 Å². The molecule has 0 aliphatic carbocycles. The van der Waals surface area contributed by atoms with Gasteiger partial charge in [-0.25, -0.2) is 0 Å². The Bertz CT molecular complexity index is 868. The highest BCUT2D eigenvalue weighted by Gasteiger charge is 2.49. The van der Waals surface area contributed by atoms with Gasteiger partial charge in [-0.1, -0.05) is 0 Å². The van der Waals surface area contributed by atoms with Crippen molar-refractivity contribution in [3.05, 3.63) is 23.8 Å². The monoisotopic (exact) mass is 404 g/mol. The Morgan fingerprint density at radius 2 is 2.17 bits per heavy atom. The minimum absolute atomic E-state index is 0.253. The van der Waals surface area contributed by atoms with E-state index in [9.17, 15) is 9.90 Å². The molecule has 10 heteroatoms. The van der Waals surface area contributed by atoms with E-state index in [2.05, 4.69) is 25.5 Å². The molecule has 0 saturated carbocycles. The van der Waals surface area contributed by atoms with E-state index in [1.807, 2.05) is 6.92 Å². The second-order valence-corrected chi connectivity index (χ2v) is 8.24. The van der Waals surface area contributed by atoms with Gasteiger partial charge in [0, 0.05) is 39.2 Å². The zero-order chi connectivity index (χ0) is 20.6. The van der Waals surface area contributed by atoms with Crippen LogP contribution in [0.2, 0.25) is 0 Å². The molecule has 10 nitrogen and oxygen atoms in total. The van der Waals surface area contributed by atoms with Gasteiger partial charge < -0.3 is 24.6 Å². The number of ether oxygens (including phenoxy) is 1. The molecule has 0 unspecified atom stereocenters. The summed E-state index contributed by atoms with van der Waals surface area (Å²) in [5.74, 6) is 0.884. The summed E-state index contributed by atoms with van der Waals surface area (Å²) in [5.41, 5.74) is -1.00. The zero-order valence-corrected chi connectivity index (χ0v) is 17.1. The fourth-order valence-electron chi connectivity index (χ4n) is 4.21. The van der Waals surface area contributed by atoms with Gasteiger partial charge in [0.15, 0.2) is 0 Å². The smallest absolute Gasteiger partial charge is 0.266 e. The topological polar surface area (TPSA) is 119 Å². The summed E-state index contributed by atoms with van der Waals surface area (Å²) in [4.78, 5) is 18.9. The van der Waals surface area contributed by atoms with E-state index in [4.69, 9.17) is 9.26 Å². The fraction of sp³-hybridized carbons (Fsp3) is 0.684. The molecule has 2 aliphatic rings. The number of anilines is 1. The number of piperidine rings is 1. The number of hydrogen-bond donors (Lipinski definition) is 2. The summed E-state index contributed by atoms with van der Waals surface area (Å²) >= 11 is 0. The van der Waals surface area contributed by atoms with E-state index < -0.39 is 17.2 Å². The summed E-state index contributed by atoms with van der Waals surface area (Å²) in [6, 6.07) is -0.483. The molecule has 2 aromatic rings. The Morgan fingerprint density at radius 3 is 2.76 bits per heavy atom. The lowest BCUT2D eigenvalue weighted by Crippen LogP contribution is -2.64. The highest BCUT2D eigenvalue weighted by molar-refractivity contribution is 5.94. The molecular formula is C19H28N6O4. The molecule has 4 rings (SSSR count). The van der Waals surface area contributed by atoms with Crippen molar-refractivity contribution < 1.29 is 19.2 Å². The first kappa shape index (κ1) is 19.8. The first-order chi connectivity index (χ1) is 13.8. The van der Waals surface area contributed by atoms with Crippen molar-refractivity contribution in [1.29, 1.82) is 0 Å². The van der Waals surface area contributed by atoms with Crippen molar-refractivity contribution in [3.8, 4) is 0 Å². The number of aromatic nitrogens is 4. The maximum atomic E-state index is 12.5. The lowest BCUT2D eigenvalue weighted by Gasteiger charge is -2.51. The summed E-state index contributed by atoms with van der Waals surface area (Å²) in [7, 11) is 0. The lowest BCUT2D eigenvalue weighted by atomic mass is 9.75. The van der Waals surface area contributed by atoms with Gasteiger partial charge in [0.05, 0.1) is 35.6 Å². The molecule has 2 fully saturated rings. The van der Waals surface area contributed by atoms with Crippen molar-refractivity contribution in [3.63, 3.8) is 0 Å². The van der Waals surface area contributed by atoms with E-state index in [0.29, 0.717) is 30.4 Å². The van der Waals surface area contributed by atoms with E-state index >= 15 is 0 Å². The van der Waals surface area contributed by atoms with Crippen molar-refractivity contribution in [2.75, 3.05) is 24.6 Å². The van der Waals surface area contributed by atoms with Crippen LogP contribution in [0.1, 0.15) is 49.4 Å². The molecule has 2 saturated heterocycles. The van der Waals surface area contributed by atoms with Crippen molar-refractivity contribution in [1.82, 2.24) is 25.2 Å². The maximum Gasteiger partial charge on any atom is 0.266 e. The zero-order valence-electron chi connectivity index (χ0n) is 17.1. The number of hydrogen-bond acceptors (Lipinski definition) is 8. The first-order valence-corrected chi connectivity index (χ1v) is 10.1. The van der Waals surface area contributed by atoms with Crippen LogP contribution in [0.25, 0.3) is 0 Å². The molecule has 2 aliphatic heterocycles. The molecule has 2 atom stereocenters. The Hall–Kier alpha value is -2.46. The SMILES string of the molecule is CCn1cc(C(=O)N[C@H]2COC3(CCN(c4noc(C)n4)CC3)C[C@]2(C)O)cn1. The molecule has 29 heavy (non-hydrogen) atoms. The maximum absolute atomic E-state index is 12.5. The van der Waals surface area contributed by atoms with E-state index in [-0.39, 0.29) is 12.5 Å². The third-order valence-electron chi connectivity index (χ3n) is 5.99. The predicted octanol–water partition coefficient (Wildman–Crippen LogP) is 0.903. The molecule has 2 aromatic heterocycles. The molecule has 0 aromatic carbocycles. The highest BCUT2D eigenvalue weighted by atomic mass is 16.5. The van der Waals surface area contributed by atoms with Gasteiger partial charge in [0.1, 0.15) is 0 Å². The molecule has 1 spiro atoms. The molecule has 2 N–H and O–H groups in total. The first-order valence-electron chi connectivity index (χ1n) is 10.1. The Balaban J connectivity index is 1.37. The van der Waals surface area contributed by atoms with Crippen LogP contribution >= 0.6 is 0 Å². The average Bonchev–Trinajstić information content (AvgIpc) is 3.33. The van der Waals surface area contributed by atoms with E-state index in [1.165, 1.54) is 6.20 Å². The second-order valence-electron chi connectivity index (χ2n) is 8.24. The third kappa shape index (κ3) is 3.99. The standard InChI is InChI=1S/C19H28N6O4/c1-4-25-10-14(9-20-25)16(26)22-15-11-28-19(12-18(15,3)27)5-7-24(8-6-19)17-21-13(2)29-23-17/h9-10,15,27H,4-8,11-12H2,1-3H3,(H,22,26)/t15-,18-/m0/s1. The summed E-state index contributed by atoms with van der Waals surface area (Å²) < 4.78 is 13.0. The second kappa shape index (κ2) is 7.42. The van der Waals surface area contributed by atoms with Gasteiger partial charge in [-0.3, -0.25) is 9.48 Å². The third-order valence-corrected chi connectivity index (χ3v) is 5.99. The highest BCUT2D eigenvalue weighted by Crippen LogP contribution is 2.40. The van der Waals surface area contributed by atoms with Gasteiger partial charge in [-0.15, -0.1) is 0 Å². The Morgan fingerprint density at radius 1 is 1.41 bits per heavy atom. The minimum atomic E-state index is -1.07. The normalized spacial score (nSPS) is 26.6. The average molecular weight is 404 g/mol. The fourth-order valence-corrected chi connectivity index (χ4v) is 4.21. The van der Waals surface area contributed by atoms with Gasteiger partial charge in [0.25, 0.3) is 11.9 Å². The molecule has 4 heterocycles. The van der Waals surface area contributed by atoms with Crippen LogP contribution in [-0.4, -0.2) is 67.9 Å². The number of carbonyl (C=O) groups excluding carboxylic acids is 1. The van der Waals surface area contributed by atoms with Crippen LogP contribution in [0.3, 0.4) is 0 Å². The molecular weight excluding hydrogens is 376 g/mol. The van der Waals surface area contributed by atoms with Gasteiger partial charge in [-0.05, 0) is 31.8 Å². The minimum Gasteiger partial charge on any atom is -0.388 e. The summed E-state index contributed by atoms with van der Waals surface area (Å²) in [6.45, 7) is 7.91. The number of nitrogens with zero attached hydrogens (tertiary/aromatic N) is 5. The van der Waals surface area contributed by atoms with Crippen LogP contribution in [0.15, 0.2) is 16.9 Å². The number of nitrogens with one attached hydrogen (secondary N) is 1. The van der Waals surface area contributed by atoms with Crippen molar-refractivity contribution in [2.24, 2.45) is 0 Å². The number of amides is 1. The molecule has 158 valence electrons. The largest absolute Gasteiger partial charge is 0.388 e.